The fourth-order valence-electron chi connectivity index (χ4n) is 8.29. The van der Waals surface area contributed by atoms with E-state index < -0.39 is 78.5 Å². The van der Waals surface area contributed by atoms with Crippen LogP contribution in [0.15, 0.2) is 0 Å². The summed E-state index contributed by atoms with van der Waals surface area (Å²) in [5, 5.41) is 55.4. The number of amides is 1. The number of carbonyl (C=O) groups excluding carboxylic acids is 1. The molecule has 0 aromatic heterocycles. The van der Waals surface area contributed by atoms with Crippen molar-refractivity contribution in [1.82, 2.24) is 5.32 Å². The number of ether oxygens (including phenoxy) is 2. The summed E-state index contributed by atoms with van der Waals surface area (Å²) in [5.41, 5.74) is 0. The Hall–Kier alpha value is -0.940. The zero-order chi connectivity index (χ0) is 45.0. The maximum Gasteiger partial charge on any atom is 0.397 e. The summed E-state index contributed by atoms with van der Waals surface area (Å²) in [4.78, 5) is 13.1. The van der Waals surface area contributed by atoms with Crippen molar-refractivity contribution in [2.45, 2.75) is 281 Å². The van der Waals surface area contributed by atoms with Crippen LogP contribution in [0.4, 0.5) is 0 Å². The minimum absolute atomic E-state index is 0.265. The Kier molecular flexibility index (Phi) is 36.5. The van der Waals surface area contributed by atoms with Gasteiger partial charge in [-0.2, -0.15) is 8.42 Å². The predicted molar refractivity (Wildman–Crippen MR) is 242 cm³/mol. The number of hydrogen-bond acceptors (Lipinski definition) is 11. The number of unbranched alkanes of at least 4 members (excludes halogenated alkanes) is 30. The SMILES string of the molecule is CCCCCCCCCCCCCCCCCCCCCCC(O)C(COC1OC(CO)C(O)C(OS(=O)(=O)O)C1O)NC(=O)C(O)CCCCCCCCCCCCCC. The molecule has 0 aromatic rings. The number of rotatable bonds is 43. The van der Waals surface area contributed by atoms with Gasteiger partial charge in [0.2, 0.25) is 5.91 Å². The van der Waals surface area contributed by atoms with E-state index in [1.807, 2.05) is 0 Å². The lowest BCUT2D eigenvalue weighted by molar-refractivity contribution is -0.298. The summed E-state index contributed by atoms with van der Waals surface area (Å²) in [6, 6.07) is -1.03. The van der Waals surface area contributed by atoms with E-state index in [1.54, 1.807) is 0 Å². The average molecular weight is 896 g/mol. The number of nitrogens with one attached hydrogen (secondary N) is 1. The molecule has 13 nitrogen and oxygen atoms in total. The van der Waals surface area contributed by atoms with E-state index in [0.29, 0.717) is 19.3 Å². The molecule has 1 rings (SSSR count). The highest BCUT2D eigenvalue weighted by Gasteiger charge is 2.48. The van der Waals surface area contributed by atoms with Gasteiger partial charge in [-0.3, -0.25) is 9.35 Å². The van der Waals surface area contributed by atoms with Crippen LogP contribution in [0.5, 0.6) is 0 Å². The zero-order valence-corrected chi connectivity index (χ0v) is 39.4. The van der Waals surface area contributed by atoms with Crippen molar-refractivity contribution in [1.29, 1.82) is 0 Å². The summed E-state index contributed by atoms with van der Waals surface area (Å²) in [7, 11) is -5.11. The van der Waals surface area contributed by atoms with Gasteiger partial charge in [-0.1, -0.05) is 219 Å². The molecule has 0 aromatic carbocycles. The lowest BCUT2D eigenvalue weighted by Gasteiger charge is -2.41. The lowest BCUT2D eigenvalue weighted by Crippen LogP contribution is -2.61. The van der Waals surface area contributed by atoms with Gasteiger partial charge in [-0.15, -0.1) is 0 Å². The van der Waals surface area contributed by atoms with Crippen LogP contribution in [-0.4, -0.2) is 107 Å². The third kappa shape index (κ3) is 30.8. The molecule has 7 N–H and O–H groups in total. The molecule has 8 atom stereocenters. The summed E-state index contributed by atoms with van der Waals surface area (Å²) in [6.45, 7) is 3.29. The molecule has 8 unspecified atom stereocenters. The van der Waals surface area contributed by atoms with E-state index >= 15 is 0 Å². The van der Waals surface area contributed by atoms with Crippen molar-refractivity contribution in [3.63, 3.8) is 0 Å². The Morgan fingerprint density at radius 2 is 0.951 bits per heavy atom. The zero-order valence-electron chi connectivity index (χ0n) is 38.6. The topological polar surface area (TPSA) is 212 Å². The standard InChI is InChI=1S/C47H93NO12S/c1-3-5-7-9-11-13-15-17-18-19-20-21-22-23-24-26-27-29-31-33-35-40(50)39(38-58-47-44(53)45(60-61(55,56)57)43(52)42(37-49)59-47)48-46(54)41(51)36-34-32-30-28-25-16-14-12-10-8-6-4-2/h39-45,47,49-53H,3-38H2,1-2H3,(H,48,54)(H,55,56,57). The van der Waals surface area contributed by atoms with E-state index in [9.17, 15) is 43.3 Å². The van der Waals surface area contributed by atoms with Gasteiger partial charge in [0.15, 0.2) is 6.29 Å². The predicted octanol–water partition coefficient (Wildman–Crippen LogP) is 9.14. The van der Waals surface area contributed by atoms with Crippen LogP contribution in [0, 0.1) is 0 Å². The molecule has 0 saturated carbocycles. The Morgan fingerprint density at radius 3 is 1.31 bits per heavy atom. The molecule has 0 aliphatic carbocycles. The minimum atomic E-state index is -5.11. The van der Waals surface area contributed by atoms with Crippen LogP contribution >= 0.6 is 0 Å². The maximum absolute atomic E-state index is 13.1. The highest BCUT2D eigenvalue weighted by molar-refractivity contribution is 7.80. The molecule has 1 fully saturated rings. The molecule has 0 bridgehead atoms. The van der Waals surface area contributed by atoms with Crippen LogP contribution in [0.25, 0.3) is 0 Å². The van der Waals surface area contributed by atoms with Gasteiger partial charge < -0.3 is 40.3 Å². The summed E-state index contributed by atoms with van der Waals surface area (Å²) < 4.78 is 47.6. The third-order valence-corrected chi connectivity index (χ3v) is 12.7. The van der Waals surface area contributed by atoms with E-state index in [-0.39, 0.29) is 6.42 Å². The molecular weight excluding hydrogens is 803 g/mol. The molecule has 1 amide bonds. The van der Waals surface area contributed by atoms with E-state index in [0.717, 1.165) is 38.5 Å². The van der Waals surface area contributed by atoms with Gasteiger partial charge in [-0.25, -0.2) is 4.18 Å². The fraction of sp³-hybridized carbons (Fsp3) is 0.979. The quantitative estimate of drug-likeness (QED) is 0.0226. The molecule has 1 aliphatic heterocycles. The van der Waals surface area contributed by atoms with Crippen molar-refractivity contribution < 1.29 is 57.0 Å². The highest BCUT2D eigenvalue weighted by Crippen LogP contribution is 2.26. The summed E-state index contributed by atoms with van der Waals surface area (Å²) in [6.07, 6.45) is 28.6. The van der Waals surface area contributed by atoms with Crippen molar-refractivity contribution in [3.8, 4) is 0 Å². The van der Waals surface area contributed by atoms with Crippen LogP contribution in [0.3, 0.4) is 0 Å². The molecule has 1 saturated heterocycles. The van der Waals surface area contributed by atoms with Gasteiger partial charge >= 0.3 is 10.4 Å². The van der Waals surface area contributed by atoms with E-state index in [1.165, 1.54) is 154 Å². The smallest absolute Gasteiger partial charge is 0.394 e. The molecule has 14 heteroatoms. The molecule has 61 heavy (non-hydrogen) atoms. The molecule has 364 valence electrons. The van der Waals surface area contributed by atoms with Crippen LogP contribution in [0.1, 0.15) is 232 Å². The Labute approximate surface area is 371 Å². The molecular formula is C47H93NO12S. The fourth-order valence-corrected chi connectivity index (χ4v) is 8.80. The van der Waals surface area contributed by atoms with Crippen molar-refractivity contribution in [3.05, 3.63) is 0 Å². The maximum atomic E-state index is 13.1. The second kappa shape index (κ2) is 38.3. The van der Waals surface area contributed by atoms with Crippen LogP contribution in [0.2, 0.25) is 0 Å². The number of carbonyl (C=O) groups is 1. The highest BCUT2D eigenvalue weighted by atomic mass is 32.3. The van der Waals surface area contributed by atoms with Crippen LogP contribution < -0.4 is 5.32 Å². The lowest BCUT2D eigenvalue weighted by atomic mass is 9.99. The second-order valence-corrected chi connectivity index (χ2v) is 19.0. The average Bonchev–Trinajstić information content (AvgIpc) is 3.23. The van der Waals surface area contributed by atoms with Crippen molar-refractivity contribution >= 4 is 16.3 Å². The van der Waals surface area contributed by atoms with Gasteiger partial charge in [0, 0.05) is 0 Å². The minimum Gasteiger partial charge on any atom is -0.394 e. The van der Waals surface area contributed by atoms with Gasteiger partial charge in [0.25, 0.3) is 0 Å². The van der Waals surface area contributed by atoms with Crippen molar-refractivity contribution in [2.24, 2.45) is 0 Å². The molecule has 1 heterocycles. The summed E-state index contributed by atoms with van der Waals surface area (Å²) in [5.74, 6) is -0.666. The molecule has 1 aliphatic rings. The van der Waals surface area contributed by atoms with Crippen molar-refractivity contribution in [2.75, 3.05) is 13.2 Å². The summed E-state index contributed by atoms with van der Waals surface area (Å²) >= 11 is 0. The number of hydrogen-bond donors (Lipinski definition) is 7. The Balaban J connectivity index is 2.48. The van der Waals surface area contributed by atoms with E-state index in [4.69, 9.17) is 9.47 Å². The first-order valence-corrected chi connectivity index (χ1v) is 26.4. The number of aliphatic hydroxyl groups is 5. The first-order valence-electron chi connectivity index (χ1n) is 25.0. The molecule has 0 spiro atoms. The Morgan fingerprint density at radius 1 is 0.590 bits per heavy atom. The molecule has 0 radical (unpaired) electrons. The van der Waals surface area contributed by atoms with Gasteiger partial charge in [-0.05, 0) is 12.8 Å². The van der Waals surface area contributed by atoms with Crippen LogP contribution in [-0.2, 0) is 28.9 Å². The van der Waals surface area contributed by atoms with E-state index in [2.05, 4.69) is 23.3 Å². The van der Waals surface area contributed by atoms with Gasteiger partial charge in [0.05, 0.1) is 25.4 Å². The second-order valence-electron chi connectivity index (χ2n) is 17.9. The largest absolute Gasteiger partial charge is 0.397 e. The number of aliphatic hydroxyl groups excluding tert-OH is 5. The normalized spacial score (nSPS) is 21.1. The van der Waals surface area contributed by atoms with Gasteiger partial charge in [0.1, 0.15) is 30.5 Å². The Bertz CT molecular complexity index is 1120. The first kappa shape index (κ1) is 58.1. The first-order chi connectivity index (χ1) is 29.4. The third-order valence-electron chi connectivity index (χ3n) is 12.3. The monoisotopic (exact) mass is 896 g/mol.